The van der Waals surface area contributed by atoms with Gasteiger partial charge in [0.1, 0.15) is 10.8 Å². The minimum atomic E-state index is -0.541. The number of hydrogen-bond donors (Lipinski definition) is 0. The van der Waals surface area contributed by atoms with Gasteiger partial charge in [0.05, 0.1) is 11.2 Å². The van der Waals surface area contributed by atoms with Gasteiger partial charge in [-0.15, -0.1) is 0 Å². The zero-order chi connectivity index (χ0) is 17.2. The van der Waals surface area contributed by atoms with Crippen molar-refractivity contribution in [2.75, 3.05) is 26.2 Å². The van der Waals surface area contributed by atoms with Crippen molar-refractivity contribution >= 4 is 29.3 Å². The van der Waals surface area contributed by atoms with Gasteiger partial charge in [-0.1, -0.05) is 23.2 Å². The average molecular weight is 364 g/mol. The lowest BCUT2D eigenvalue weighted by molar-refractivity contribution is 0.0138. The van der Waals surface area contributed by atoms with E-state index < -0.39 is 11.4 Å². The van der Waals surface area contributed by atoms with Crippen LogP contribution in [0.1, 0.15) is 26.3 Å². The number of halogens is 3. The molecule has 0 atom stereocenters. The van der Waals surface area contributed by atoms with Gasteiger partial charge in [0.15, 0.2) is 5.82 Å². The zero-order valence-electron chi connectivity index (χ0n) is 13.4. The smallest absolute Gasteiger partial charge is 0.410 e. The van der Waals surface area contributed by atoms with Gasteiger partial charge in [0, 0.05) is 38.3 Å². The van der Waals surface area contributed by atoms with Crippen LogP contribution in [-0.2, 0) is 11.3 Å². The van der Waals surface area contributed by atoms with Crippen LogP contribution in [0.25, 0.3) is 0 Å². The van der Waals surface area contributed by atoms with Crippen molar-refractivity contribution in [3.63, 3.8) is 0 Å². The Bertz CT molecular complexity index is 585. The van der Waals surface area contributed by atoms with Gasteiger partial charge in [-0.3, -0.25) is 4.90 Å². The standard InChI is InChI=1S/C15H20Cl2FN3O2/c1-15(2,3)23-14(22)21-6-4-20(5-7-21)9-10-12(18)11(16)8-19-13(10)17/h8H,4-7,9H2,1-3H3. The summed E-state index contributed by atoms with van der Waals surface area (Å²) in [6.45, 7) is 8.03. The van der Waals surface area contributed by atoms with E-state index in [0.717, 1.165) is 0 Å². The van der Waals surface area contributed by atoms with Gasteiger partial charge in [-0.25, -0.2) is 14.2 Å². The summed E-state index contributed by atoms with van der Waals surface area (Å²) in [4.78, 5) is 19.5. The number of pyridine rings is 1. The molecular weight excluding hydrogens is 344 g/mol. The third kappa shape index (κ3) is 4.93. The molecule has 0 spiro atoms. The molecule has 0 radical (unpaired) electrons. The minimum Gasteiger partial charge on any atom is -0.444 e. The molecule has 2 rings (SSSR count). The molecule has 0 bridgehead atoms. The molecule has 1 amide bonds. The summed E-state index contributed by atoms with van der Waals surface area (Å²) in [7, 11) is 0. The molecule has 0 unspecified atom stereocenters. The van der Waals surface area contributed by atoms with Crippen LogP contribution in [0.4, 0.5) is 9.18 Å². The van der Waals surface area contributed by atoms with Crippen molar-refractivity contribution in [2.24, 2.45) is 0 Å². The van der Waals surface area contributed by atoms with Gasteiger partial charge in [0.2, 0.25) is 0 Å². The predicted octanol–water partition coefficient (Wildman–Crippen LogP) is 3.58. The van der Waals surface area contributed by atoms with Gasteiger partial charge >= 0.3 is 6.09 Å². The number of carbonyl (C=O) groups excluding carboxylic acids is 1. The van der Waals surface area contributed by atoms with Crippen molar-refractivity contribution in [2.45, 2.75) is 32.9 Å². The Kier molecular flexibility index (Phi) is 5.70. The molecule has 1 aromatic heterocycles. The highest BCUT2D eigenvalue weighted by Crippen LogP contribution is 2.25. The van der Waals surface area contributed by atoms with Gasteiger partial charge in [-0.05, 0) is 20.8 Å². The maximum Gasteiger partial charge on any atom is 0.410 e. The minimum absolute atomic E-state index is 0.0446. The van der Waals surface area contributed by atoms with Crippen LogP contribution in [0.15, 0.2) is 6.20 Å². The second-order valence-corrected chi connectivity index (χ2v) is 7.20. The first-order chi connectivity index (χ1) is 10.7. The van der Waals surface area contributed by atoms with E-state index >= 15 is 0 Å². The molecule has 128 valence electrons. The van der Waals surface area contributed by atoms with Crippen LogP contribution in [0.2, 0.25) is 10.2 Å². The first-order valence-corrected chi connectivity index (χ1v) is 8.11. The van der Waals surface area contributed by atoms with E-state index in [-0.39, 0.29) is 21.8 Å². The Balaban J connectivity index is 1.93. The SMILES string of the molecule is CC(C)(C)OC(=O)N1CCN(Cc2c(Cl)ncc(Cl)c2F)CC1. The normalized spacial score (nSPS) is 16.5. The fourth-order valence-corrected chi connectivity index (χ4v) is 2.61. The van der Waals surface area contributed by atoms with Crippen LogP contribution >= 0.6 is 23.2 Å². The zero-order valence-corrected chi connectivity index (χ0v) is 14.9. The van der Waals surface area contributed by atoms with E-state index in [1.54, 1.807) is 4.90 Å². The highest BCUT2D eigenvalue weighted by Gasteiger charge is 2.26. The summed E-state index contributed by atoms with van der Waals surface area (Å²) in [6, 6.07) is 0. The van der Waals surface area contributed by atoms with Crippen LogP contribution in [0, 0.1) is 5.82 Å². The number of hydrogen-bond acceptors (Lipinski definition) is 4. The van der Waals surface area contributed by atoms with Gasteiger partial charge in [-0.2, -0.15) is 0 Å². The number of nitrogens with zero attached hydrogens (tertiary/aromatic N) is 3. The maximum absolute atomic E-state index is 14.0. The molecule has 1 fully saturated rings. The number of aromatic nitrogens is 1. The molecule has 5 nitrogen and oxygen atoms in total. The highest BCUT2D eigenvalue weighted by molar-refractivity contribution is 6.32. The molecule has 2 heterocycles. The van der Waals surface area contributed by atoms with Crippen molar-refractivity contribution in [1.29, 1.82) is 0 Å². The molecule has 1 aromatic rings. The molecule has 0 saturated carbocycles. The van der Waals surface area contributed by atoms with E-state index in [1.165, 1.54) is 6.20 Å². The topological polar surface area (TPSA) is 45.7 Å². The number of piperazine rings is 1. The van der Waals surface area contributed by atoms with Gasteiger partial charge < -0.3 is 9.64 Å². The second kappa shape index (κ2) is 7.20. The first-order valence-electron chi connectivity index (χ1n) is 7.36. The average Bonchev–Trinajstić information content (AvgIpc) is 2.46. The lowest BCUT2D eigenvalue weighted by Crippen LogP contribution is -2.49. The lowest BCUT2D eigenvalue weighted by Gasteiger charge is -2.35. The largest absolute Gasteiger partial charge is 0.444 e. The van der Waals surface area contributed by atoms with Crippen molar-refractivity contribution in [1.82, 2.24) is 14.8 Å². The summed E-state index contributed by atoms with van der Waals surface area (Å²) in [5.74, 6) is -0.541. The van der Waals surface area contributed by atoms with Crippen LogP contribution in [0.5, 0.6) is 0 Å². The number of carbonyl (C=O) groups is 1. The monoisotopic (exact) mass is 363 g/mol. The Hall–Kier alpha value is -1.11. The summed E-state index contributed by atoms with van der Waals surface area (Å²) >= 11 is 11.7. The van der Waals surface area contributed by atoms with Crippen molar-refractivity contribution < 1.29 is 13.9 Å². The molecule has 1 aliphatic heterocycles. The molecule has 1 saturated heterocycles. The number of amides is 1. The maximum atomic E-state index is 14.0. The quantitative estimate of drug-likeness (QED) is 0.753. The lowest BCUT2D eigenvalue weighted by atomic mass is 10.2. The summed E-state index contributed by atoms with van der Waals surface area (Å²) < 4.78 is 19.4. The van der Waals surface area contributed by atoms with E-state index in [0.29, 0.717) is 32.7 Å². The molecule has 0 N–H and O–H groups in total. The third-order valence-corrected chi connectivity index (χ3v) is 4.01. The fourth-order valence-electron chi connectivity index (χ4n) is 2.26. The van der Waals surface area contributed by atoms with E-state index in [1.807, 2.05) is 25.7 Å². The van der Waals surface area contributed by atoms with Crippen LogP contribution in [-0.4, -0.2) is 52.7 Å². The number of rotatable bonds is 2. The molecule has 1 aliphatic rings. The van der Waals surface area contributed by atoms with Gasteiger partial charge in [0.25, 0.3) is 0 Å². The summed E-state index contributed by atoms with van der Waals surface area (Å²) in [5.41, 5.74) is -0.234. The fraction of sp³-hybridized carbons (Fsp3) is 0.600. The Morgan fingerprint density at radius 2 is 1.91 bits per heavy atom. The third-order valence-electron chi connectivity index (χ3n) is 3.42. The molecule has 8 heteroatoms. The molecule has 0 aromatic carbocycles. The molecular formula is C15H20Cl2FN3O2. The Morgan fingerprint density at radius 3 is 2.48 bits per heavy atom. The van der Waals surface area contributed by atoms with Crippen LogP contribution < -0.4 is 0 Å². The summed E-state index contributed by atoms with van der Waals surface area (Å²) in [5, 5.41) is 0.0678. The van der Waals surface area contributed by atoms with E-state index in [2.05, 4.69) is 4.98 Å². The van der Waals surface area contributed by atoms with Crippen LogP contribution in [0.3, 0.4) is 0 Å². The van der Waals surface area contributed by atoms with E-state index in [9.17, 15) is 9.18 Å². The highest BCUT2D eigenvalue weighted by atomic mass is 35.5. The van der Waals surface area contributed by atoms with Crippen molar-refractivity contribution in [3.8, 4) is 0 Å². The summed E-state index contributed by atoms with van der Waals surface area (Å²) in [6.07, 6.45) is 0.870. The Morgan fingerprint density at radius 1 is 1.30 bits per heavy atom. The predicted molar refractivity (Wildman–Crippen MR) is 87.3 cm³/mol. The second-order valence-electron chi connectivity index (χ2n) is 6.43. The molecule has 0 aliphatic carbocycles. The Labute approximate surface area is 145 Å². The number of ether oxygens (including phenoxy) is 1. The molecule has 23 heavy (non-hydrogen) atoms. The van der Waals surface area contributed by atoms with E-state index in [4.69, 9.17) is 27.9 Å². The van der Waals surface area contributed by atoms with Crippen molar-refractivity contribution in [3.05, 3.63) is 27.8 Å². The first kappa shape index (κ1) is 18.2.